The average Bonchev–Trinajstić information content (AvgIpc) is 3.13. The number of rotatable bonds is 5. The third kappa shape index (κ3) is 3.83. The molecule has 3 aromatic rings. The van der Waals surface area contributed by atoms with E-state index in [9.17, 15) is 4.79 Å². The number of amides is 1. The molecule has 1 fully saturated rings. The van der Waals surface area contributed by atoms with Crippen LogP contribution in [0.5, 0.6) is 0 Å². The highest BCUT2D eigenvalue weighted by Crippen LogP contribution is 2.30. The van der Waals surface area contributed by atoms with Gasteiger partial charge in [-0.3, -0.25) is 9.36 Å². The van der Waals surface area contributed by atoms with Crippen molar-refractivity contribution in [1.82, 2.24) is 19.5 Å². The first-order chi connectivity index (χ1) is 13.6. The fourth-order valence-corrected chi connectivity index (χ4v) is 3.30. The number of anilines is 3. The normalized spacial score (nSPS) is 16.7. The van der Waals surface area contributed by atoms with E-state index in [4.69, 9.17) is 16.3 Å². The molecule has 1 amide bonds. The first kappa shape index (κ1) is 18.4. The standard InChI is InChI=1S/C19H19ClN6O2/c1-2-14(27)22-12-6-5-7-13(10-12)23-17-16-18(25-19(20)24-17)26(11-21-16)15-8-3-4-9-28-15/h2,5-7,10-11,15H,1,3-4,8-9H2,(H,22,27)(H,23,24,25). The Labute approximate surface area is 166 Å². The molecule has 0 aliphatic carbocycles. The molecule has 4 rings (SSSR count). The summed E-state index contributed by atoms with van der Waals surface area (Å²) in [5.74, 6) is 0.201. The van der Waals surface area contributed by atoms with Crippen molar-refractivity contribution in [1.29, 1.82) is 0 Å². The Kier molecular flexibility index (Phi) is 5.23. The van der Waals surface area contributed by atoms with Crippen LogP contribution in [-0.4, -0.2) is 32.0 Å². The Morgan fingerprint density at radius 3 is 2.96 bits per heavy atom. The number of ether oxygens (including phenoxy) is 1. The zero-order valence-corrected chi connectivity index (χ0v) is 15.8. The van der Waals surface area contributed by atoms with Crippen LogP contribution in [0.1, 0.15) is 25.5 Å². The summed E-state index contributed by atoms with van der Waals surface area (Å²) in [6.45, 7) is 4.17. The molecule has 0 spiro atoms. The number of carbonyl (C=O) groups excluding carboxylic acids is 1. The summed E-state index contributed by atoms with van der Waals surface area (Å²) in [7, 11) is 0. The van der Waals surface area contributed by atoms with Gasteiger partial charge >= 0.3 is 0 Å². The Hall–Kier alpha value is -2.97. The molecule has 0 radical (unpaired) electrons. The fraction of sp³-hybridized carbons (Fsp3) is 0.263. The minimum absolute atomic E-state index is 0.102. The van der Waals surface area contributed by atoms with Crippen molar-refractivity contribution in [3.63, 3.8) is 0 Å². The van der Waals surface area contributed by atoms with Gasteiger partial charge in [-0.2, -0.15) is 9.97 Å². The molecule has 1 aliphatic rings. The van der Waals surface area contributed by atoms with Crippen LogP contribution in [-0.2, 0) is 9.53 Å². The van der Waals surface area contributed by atoms with Gasteiger partial charge in [-0.05, 0) is 55.1 Å². The maximum atomic E-state index is 11.5. The van der Waals surface area contributed by atoms with Gasteiger partial charge in [-0.15, -0.1) is 0 Å². The predicted octanol–water partition coefficient (Wildman–Crippen LogP) is 4.05. The number of aromatic nitrogens is 4. The molecule has 1 aromatic carbocycles. The minimum atomic E-state index is -0.282. The van der Waals surface area contributed by atoms with Crippen molar-refractivity contribution in [2.24, 2.45) is 0 Å². The van der Waals surface area contributed by atoms with Crippen LogP contribution in [0.2, 0.25) is 5.28 Å². The lowest BCUT2D eigenvalue weighted by atomic mass is 10.2. The number of fused-ring (bicyclic) bond motifs is 1. The molecule has 1 atom stereocenters. The predicted molar refractivity (Wildman–Crippen MR) is 108 cm³/mol. The lowest BCUT2D eigenvalue weighted by Crippen LogP contribution is -2.17. The largest absolute Gasteiger partial charge is 0.358 e. The van der Waals surface area contributed by atoms with Crippen LogP contribution in [0.4, 0.5) is 17.2 Å². The van der Waals surface area contributed by atoms with E-state index in [-0.39, 0.29) is 17.4 Å². The quantitative estimate of drug-likeness (QED) is 0.497. The van der Waals surface area contributed by atoms with Gasteiger partial charge in [0.25, 0.3) is 0 Å². The van der Waals surface area contributed by atoms with E-state index >= 15 is 0 Å². The second-order valence-electron chi connectivity index (χ2n) is 6.39. The summed E-state index contributed by atoms with van der Waals surface area (Å²) in [6, 6.07) is 7.23. The molecule has 1 unspecified atom stereocenters. The van der Waals surface area contributed by atoms with Gasteiger partial charge in [0.2, 0.25) is 11.2 Å². The first-order valence-electron chi connectivity index (χ1n) is 8.96. The van der Waals surface area contributed by atoms with Gasteiger partial charge < -0.3 is 15.4 Å². The van der Waals surface area contributed by atoms with Crippen LogP contribution < -0.4 is 10.6 Å². The Bertz CT molecular complexity index is 1030. The number of nitrogens with one attached hydrogen (secondary N) is 2. The number of benzene rings is 1. The summed E-state index contributed by atoms with van der Waals surface area (Å²) < 4.78 is 7.74. The summed E-state index contributed by atoms with van der Waals surface area (Å²) in [5.41, 5.74) is 2.57. The number of imidazole rings is 1. The Balaban J connectivity index is 1.66. The van der Waals surface area contributed by atoms with Crippen LogP contribution in [0.3, 0.4) is 0 Å². The van der Waals surface area contributed by atoms with Gasteiger partial charge in [0.15, 0.2) is 17.0 Å². The van der Waals surface area contributed by atoms with Crippen molar-refractivity contribution in [3.05, 3.63) is 48.5 Å². The van der Waals surface area contributed by atoms with E-state index < -0.39 is 0 Å². The maximum Gasteiger partial charge on any atom is 0.247 e. The fourth-order valence-electron chi connectivity index (χ4n) is 3.14. The molecule has 28 heavy (non-hydrogen) atoms. The monoisotopic (exact) mass is 398 g/mol. The zero-order chi connectivity index (χ0) is 19.5. The molecule has 144 valence electrons. The lowest BCUT2D eigenvalue weighted by Gasteiger charge is -2.23. The van der Waals surface area contributed by atoms with E-state index in [1.165, 1.54) is 6.08 Å². The third-order valence-corrected chi connectivity index (χ3v) is 4.61. The number of halogens is 1. The molecule has 0 bridgehead atoms. The molecule has 0 saturated carbocycles. The second-order valence-corrected chi connectivity index (χ2v) is 6.72. The average molecular weight is 399 g/mol. The summed E-state index contributed by atoms with van der Waals surface area (Å²) in [5, 5.41) is 6.04. The molecule has 1 saturated heterocycles. The topological polar surface area (TPSA) is 94.0 Å². The minimum Gasteiger partial charge on any atom is -0.358 e. The highest BCUT2D eigenvalue weighted by Gasteiger charge is 2.21. The van der Waals surface area contributed by atoms with Crippen molar-refractivity contribution in [3.8, 4) is 0 Å². The van der Waals surface area contributed by atoms with E-state index in [0.717, 1.165) is 31.6 Å². The molecule has 9 heteroatoms. The maximum absolute atomic E-state index is 11.5. The number of hydrogen-bond donors (Lipinski definition) is 2. The van der Waals surface area contributed by atoms with E-state index in [1.54, 1.807) is 18.5 Å². The summed E-state index contributed by atoms with van der Waals surface area (Å²) in [6.07, 6.45) is 5.88. The Morgan fingerprint density at radius 1 is 1.32 bits per heavy atom. The zero-order valence-electron chi connectivity index (χ0n) is 15.1. The van der Waals surface area contributed by atoms with E-state index in [1.807, 2.05) is 16.7 Å². The van der Waals surface area contributed by atoms with Gasteiger partial charge in [0.05, 0.1) is 6.33 Å². The summed E-state index contributed by atoms with van der Waals surface area (Å²) >= 11 is 6.16. The smallest absolute Gasteiger partial charge is 0.247 e. The number of nitrogens with zero attached hydrogens (tertiary/aromatic N) is 4. The van der Waals surface area contributed by atoms with Crippen LogP contribution in [0.15, 0.2) is 43.2 Å². The lowest BCUT2D eigenvalue weighted by molar-refractivity contribution is -0.111. The van der Waals surface area contributed by atoms with Crippen molar-refractivity contribution in [2.45, 2.75) is 25.5 Å². The highest BCUT2D eigenvalue weighted by molar-refractivity contribution is 6.28. The van der Waals surface area contributed by atoms with Crippen molar-refractivity contribution >= 4 is 45.9 Å². The van der Waals surface area contributed by atoms with Gasteiger partial charge in [0, 0.05) is 18.0 Å². The molecule has 2 N–H and O–H groups in total. The molecule has 3 heterocycles. The SMILES string of the molecule is C=CC(=O)Nc1cccc(Nc2nc(Cl)nc3c2ncn3C2CCCCO2)c1. The molecule has 8 nitrogen and oxygen atoms in total. The number of carbonyl (C=O) groups is 1. The van der Waals surface area contributed by atoms with Crippen molar-refractivity contribution < 1.29 is 9.53 Å². The molecular formula is C19H19ClN6O2. The van der Waals surface area contributed by atoms with Gasteiger partial charge in [-0.25, -0.2) is 4.98 Å². The van der Waals surface area contributed by atoms with Crippen LogP contribution in [0.25, 0.3) is 11.2 Å². The number of hydrogen-bond acceptors (Lipinski definition) is 6. The molecule has 2 aromatic heterocycles. The van der Waals surface area contributed by atoms with Crippen molar-refractivity contribution in [2.75, 3.05) is 17.2 Å². The van der Waals surface area contributed by atoms with Gasteiger partial charge in [0.1, 0.15) is 6.23 Å². The van der Waals surface area contributed by atoms with E-state index in [0.29, 0.717) is 22.7 Å². The first-order valence-corrected chi connectivity index (χ1v) is 9.34. The van der Waals surface area contributed by atoms with Crippen LogP contribution in [0, 0.1) is 0 Å². The summed E-state index contributed by atoms with van der Waals surface area (Å²) in [4.78, 5) is 24.6. The van der Waals surface area contributed by atoms with Crippen LogP contribution >= 0.6 is 11.6 Å². The van der Waals surface area contributed by atoms with E-state index in [2.05, 4.69) is 32.2 Å². The molecular weight excluding hydrogens is 380 g/mol. The van der Waals surface area contributed by atoms with Gasteiger partial charge in [-0.1, -0.05) is 12.6 Å². The molecule has 1 aliphatic heterocycles. The second kappa shape index (κ2) is 7.95. The third-order valence-electron chi connectivity index (χ3n) is 4.44. The highest BCUT2D eigenvalue weighted by atomic mass is 35.5. The Morgan fingerprint density at radius 2 is 2.18 bits per heavy atom.